The number of guanidine groups is 1. The maximum Gasteiger partial charge on any atom is 0.221 e. The van der Waals surface area contributed by atoms with Gasteiger partial charge in [-0.2, -0.15) is 11.8 Å². The highest BCUT2D eigenvalue weighted by atomic mass is 127. The predicted molar refractivity (Wildman–Crippen MR) is 95.7 cm³/mol. The summed E-state index contributed by atoms with van der Waals surface area (Å²) in [5, 5.41) is 9.16. The van der Waals surface area contributed by atoms with Crippen LogP contribution in [0.5, 0.6) is 0 Å². The number of nitrogens with zero attached hydrogens (tertiary/aromatic N) is 1. The SMILES string of the molecule is CCCNC(=O)CCNC(=NCCSC)NCC.I. The van der Waals surface area contributed by atoms with Gasteiger partial charge in [0.1, 0.15) is 0 Å². The van der Waals surface area contributed by atoms with Gasteiger partial charge in [-0.3, -0.25) is 9.79 Å². The first kappa shape index (κ1) is 21.1. The Morgan fingerprint density at radius 3 is 2.47 bits per heavy atom. The van der Waals surface area contributed by atoms with Crippen LogP contribution in [-0.2, 0) is 4.79 Å². The van der Waals surface area contributed by atoms with E-state index < -0.39 is 0 Å². The largest absolute Gasteiger partial charge is 0.357 e. The number of aliphatic imine (C=N–C) groups is 1. The van der Waals surface area contributed by atoms with Crippen molar-refractivity contribution < 1.29 is 4.79 Å². The fourth-order valence-electron chi connectivity index (χ4n) is 1.24. The van der Waals surface area contributed by atoms with E-state index in [1.165, 1.54) is 0 Å². The van der Waals surface area contributed by atoms with Crippen LogP contribution >= 0.6 is 35.7 Å². The summed E-state index contributed by atoms with van der Waals surface area (Å²) in [6.07, 6.45) is 3.51. The Morgan fingerprint density at radius 1 is 1.16 bits per heavy atom. The van der Waals surface area contributed by atoms with Crippen LogP contribution in [0, 0.1) is 0 Å². The molecule has 0 bridgehead atoms. The first-order valence-electron chi connectivity index (χ1n) is 6.52. The molecule has 0 saturated heterocycles. The molecule has 114 valence electrons. The lowest BCUT2D eigenvalue weighted by molar-refractivity contribution is -0.120. The molecule has 19 heavy (non-hydrogen) atoms. The first-order chi connectivity index (χ1) is 8.74. The van der Waals surface area contributed by atoms with Crippen LogP contribution < -0.4 is 16.0 Å². The van der Waals surface area contributed by atoms with Gasteiger partial charge >= 0.3 is 0 Å². The Bertz CT molecular complexity index is 252. The normalized spacial score (nSPS) is 10.6. The van der Waals surface area contributed by atoms with Crippen molar-refractivity contribution in [2.45, 2.75) is 26.7 Å². The minimum absolute atomic E-state index is 0. The third-order valence-electron chi connectivity index (χ3n) is 2.13. The second-order valence-corrected chi connectivity index (χ2v) is 4.77. The van der Waals surface area contributed by atoms with E-state index in [-0.39, 0.29) is 29.9 Å². The molecule has 3 N–H and O–H groups in total. The van der Waals surface area contributed by atoms with Gasteiger partial charge in [0, 0.05) is 31.8 Å². The molecular weight excluding hydrogens is 375 g/mol. The number of thioether (sulfide) groups is 1. The molecule has 0 aliphatic carbocycles. The molecule has 1 amide bonds. The van der Waals surface area contributed by atoms with Gasteiger partial charge < -0.3 is 16.0 Å². The molecule has 5 nitrogen and oxygen atoms in total. The van der Waals surface area contributed by atoms with Gasteiger partial charge in [-0.1, -0.05) is 6.92 Å². The van der Waals surface area contributed by atoms with Crippen molar-refractivity contribution in [1.29, 1.82) is 0 Å². The second-order valence-electron chi connectivity index (χ2n) is 3.78. The van der Waals surface area contributed by atoms with Crippen molar-refractivity contribution in [2.75, 3.05) is 38.2 Å². The summed E-state index contributed by atoms with van der Waals surface area (Å²) in [4.78, 5) is 15.8. The molecule has 0 aromatic rings. The number of hydrogen-bond acceptors (Lipinski definition) is 3. The average Bonchev–Trinajstić information content (AvgIpc) is 2.36. The molecule has 0 saturated carbocycles. The van der Waals surface area contributed by atoms with Crippen LogP contribution in [0.1, 0.15) is 26.7 Å². The van der Waals surface area contributed by atoms with Gasteiger partial charge in [0.15, 0.2) is 5.96 Å². The van der Waals surface area contributed by atoms with E-state index in [9.17, 15) is 4.79 Å². The molecular formula is C12H27IN4OS. The minimum Gasteiger partial charge on any atom is -0.357 e. The van der Waals surface area contributed by atoms with E-state index in [1.807, 2.05) is 13.8 Å². The molecule has 7 heteroatoms. The van der Waals surface area contributed by atoms with Crippen molar-refractivity contribution in [3.63, 3.8) is 0 Å². The molecule has 0 atom stereocenters. The fraction of sp³-hybridized carbons (Fsp3) is 0.833. The summed E-state index contributed by atoms with van der Waals surface area (Å²) in [6, 6.07) is 0. The van der Waals surface area contributed by atoms with Gasteiger partial charge in [-0.15, -0.1) is 24.0 Å². The molecule has 0 fully saturated rings. The molecule has 0 aromatic carbocycles. The molecule has 0 radical (unpaired) electrons. The monoisotopic (exact) mass is 402 g/mol. The van der Waals surface area contributed by atoms with Gasteiger partial charge in [0.2, 0.25) is 5.91 Å². The highest BCUT2D eigenvalue weighted by Crippen LogP contribution is 1.90. The van der Waals surface area contributed by atoms with Gasteiger partial charge in [-0.25, -0.2) is 0 Å². The van der Waals surface area contributed by atoms with Gasteiger partial charge in [-0.05, 0) is 19.6 Å². The number of nitrogens with one attached hydrogen (secondary N) is 3. The summed E-state index contributed by atoms with van der Waals surface area (Å²) in [5.41, 5.74) is 0. The first-order valence-corrected chi connectivity index (χ1v) is 7.91. The standard InChI is InChI=1S/C12H26N4OS.HI/c1-4-7-14-11(17)6-8-15-12(13-5-2)16-9-10-18-3;/h4-10H2,1-3H3,(H,14,17)(H2,13,15,16);1H. The molecule has 0 aromatic heterocycles. The van der Waals surface area contributed by atoms with Crippen LogP contribution in [0.4, 0.5) is 0 Å². The van der Waals surface area contributed by atoms with Crippen molar-refractivity contribution in [3.05, 3.63) is 0 Å². The van der Waals surface area contributed by atoms with Crippen molar-refractivity contribution in [2.24, 2.45) is 4.99 Å². The third-order valence-corrected chi connectivity index (χ3v) is 2.72. The van der Waals surface area contributed by atoms with E-state index >= 15 is 0 Å². The van der Waals surface area contributed by atoms with Crippen LogP contribution in [0.3, 0.4) is 0 Å². The van der Waals surface area contributed by atoms with Crippen molar-refractivity contribution in [3.8, 4) is 0 Å². The van der Waals surface area contributed by atoms with Crippen molar-refractivity contribution in [1.82, 2.24) is 16.0 Å². The summed E-state index contributed by atoms with van der Waals surface area (Å²) in [5.74, 6) is 1.88. The topological polar surface area (TPSA) is 65.5 Å². The Labute approximate surface area is 138 Å². The third kappa shape index (κ3) is 14.0. The highest BCUT2D eigenvalue weighted by molar-refractivity contribution is 14.0. The Morgan fingerprint density at radius 2 is 1.89 bits per heavy atom. The van der Waals surface area contributed by atoms with Crippen LogP contribution in [-0.4, -0.2) is 50.1 Å². The lowest BCUT2D eigenvalue weighted by Gasteiger charge is -2.11. The number of carbonyl (C=O) groups excluding carboxylic acids is 1. The quantitative estimate of drug-likeness (QED) is 0.236. The van der Waals surface area contributed by atoms with Crippen LogP contribution in [0.15, 0.2) is 4.99 Å². The number of carbonyl (C=O) groups is 1. The maximum atomic E-state index is 11.4. The number of halogens is 1. The highest BCUT2D eigenvalue weighted by Gasteiger charge is 2.01. The van der Waals surface area contributed by atoms with Gasteiger partial charge in [0.05, 0.1) is 6.54 Å². The molecule has 0 unspecified atom stereocenters. The molecule has 0 aliphatic rings. The Hall–Kier alpha value is -0.180. The smallest absolute Gasteiger partial charge is 0.221 e. The molecule has 0 rings (SSSR count). The van der Waals surface area contributed by atoms with E-state index in [4.69, 9.17) is 0 Å². The van der Waals surface area contributed by atoms with Crippen LogP contribution in [0.2, 0.25) is 0 Å². The fourth-order valence-corrected chi connectivity index (χ4v) is 1.51. The number of amides is 1. The lowest BCUT2D eigenvalue weighted by atomic mass is 10.4. The maximum absolute atomic E-state index is 11.4. The molecule has 0 heterocycles. The zero-order valence-electron chi connectivity index (χ0n) is 12.1. The second kappa shape index (κ2) is 15.9. The zero-order chi connectivity index (χ0) is 13.6. The number of rotatable bonds is 9. The van der Waals surface area contributed by atoms with E-state index in [0.29, 0.717) is 13.0 Å². The van der Waals surface area contributed by atoms with E-state index in [1.54, 1.807) is 11.8 Å². The minimum atomic E-state index is 0. The lowest BCUT2D eigenvalue weighted by Crippen LogP contribution is -2.39. The summed E-state index contributed by atoms with van der Waals surface area (Å²) >= 11 is 1.77. The summed E-state index contributed by atoms with van der Waals surface area (Å²) < 4.78 is 0. The summed E-state index contributed by atoms with van der Waals surface area (Å²) in [7, 11) is 0. The molecule has 0 spiro atoms. The zero-order valence-corrected chi connectivity index (χ0v) is 15.3. The van der Waals surface area contributed by atoms with E-state index in [2.05, 4.69) is 27.2 Å². The molecule has 0 aliphatic heterocycles. The van der Waals surface area contributed by atoms with Crippen molar-refractivity contribution >= 4 is 47.6 Å². The van der Waals surface area contributed by atoms with Gasteiger partial charge in [0.25, 0.3) is 0 Å². The van der Waals surface area contributed by atoms with Crippen LogP contribution in [0.25, 0.3) is 0 Å². The number of hydrogen-bond donors (Lipinski definition) is 3. The Kier molecular flexibility index (Phi) is 17.7. The average molecular weight is 402 g/mol. The predicted octanol–water partition coefficient (Wildman–Crippen LogP) is 1.44. The Balaban J connectivity index is 0. The van der Waals surface area contributed by atoms with E-state index in [0.717, 1.165) is 37.8 Å². The summed E-state index contributed by atoms with van der Waals surface area (Å²) in [6.45, 7) is 7.05.